The molecule has 0 bridgehead atoms. The van der Waals surface area contributed by atoms with Crippen LogP contribution in [0.1, 0.15) is 22.6 Å². The molecule has 9 nitrogen and oxygen atoms in total. The molecule has 0 fully saturated rings. The zero-order chi connectivity index (χ0) is 27.4. The lowest BCUT2D eigenvalue weighted by atomic mass is 10.00. The molecule has 13 heteroatoms. The van der Waals surface area contributed by atoms with E-state index in [1.807, 2.05) is 0 Å². The number of hydrogen-bond acceptors (Lipinski definition) is 7. The summed E-state index contributed by atoms with van der Waals surface area (Å²) in [6.45, 7) is -0.0186. The van der Waals surface area contributed by atoms with Crippen molar-refractivity contribution in [3.63, 3.8) is 0 Å². The predicted octanol–water partition coefficient (Wildman–Crippen LogP) is 6.07. The minimum atomic E-state index is -4.61. The highest BCUT2D eigenvalue weighted by molar-refractivity contribution is 6.32. The Hall–Kier alpha value is -4.45. The number of esters is 1. The van der Waals surface area contributed by atoms with Gasteiger partial charge in [-0.15, -0.1) is 0 Å². The molecule has 1 unspecified atom stereocenters. The number of para-hydroxylation sites is 1. The maximum atomic E-state index is 13.1. The summed E-state index contributed by atoms with van der Waals surface area (Å²) in [5, 5.41) is 15.0. The number of nitrogens with zero attached hydrogens (tertiary/aromatic N) is 4. The lowest BCUT2D eigenvalue weighted by molar-refractivity contribution is -0.384. The molecule has 0 aliphatic rings. The van der Waals surface area contributed by atoms with Crippen molar-refractivity contribution in [1.82, 2.24) is 9.55 Å². The second kappa shape index (κ2) is 10.9. The standard InChI is InChI=1S/C25H18ClF3N4O5/c1-37-24(34)19(12-31-38-14-15-6-8-17(9-7-15)33(35)36)20-13-32(22-5-3-2-4-18(20)22)23-21(26)10-16(11-30-23)25(27,28)29/h2-13,19H,14H2,1H3/b31-12-. The minimum Gasteiger partial charge on any atom is -0.468 e. The average Bonchev–Trinajstić information content (AvgIpc) is 3.27. The third-order valence-electron chi connectivity index (χ3n) is 5.57. The molecule has 196 valence electrons. The van der Waals surface area contributed by atoms with Gasteiger partial charge in [-0.3, -0.25) is 19.5 Å². The van der Waals surface area contributed by atoms with Crippen molar-refractivity contribution in [3.05, 3.63) is 98.8 Å². The van der Waals surface area contributed by atoms with Crippen molar-refractivity contribution in [2.24, 2.45) is 5.16 Å². The number of nitro benzene ring substituents is 1. The highest BCUT2D eigenvalue weighted by atomic mass is 35.5. The number of carbonyl (C=O) groups excluding carboxylic acids is 1. The summed E-state index contributed by atoms with van der Waals surface area (Å²) in [6.07, 6.45) is -1.18. The molecule has 2 heterocycles. The van der Waals surface area contributed by atoms with Gasteiger partial charge in [-0.2, -0.15) is 13.2 Å². The van der Waals surface area contributed by atoms with E-state index in [4.69, 9.17) is 21.2 Å². The SMILES string of the molecule is COC(=O)C(/C=N\OCc1ccc([N+](=O)[O-])cc1)c1cn(-c2ncc(C(F)(F)F)cc2Cl)c2ccccc12. The van der Waals surface area contributed by atoms with E-state index in [-0.39, 0.29) is 23.1 Å². The van der Waals surface area contributed by atoms with Crippen LogP contribution in [0.15, 0.2) is 72.1 Å². The molecule has 0 aliphatic carbocycles. The Morgan fingerprint density at radius 3 is 2.58 bits per heavy atom. The number of oxime groups is 1. The summed E-state index contributed by atoms with van der Waals surface area (Å²) in [4.78, 5) is 32.1. The molecular formula is C25H18ClF3N4O5. The Bertz CT molecular complexity index is 1520. The first-order valence-electron chi connectivity index (χ1n) is 10.9. The van der Waals surface area contributed by atoms with E-state index in [1.54, 1.807) is 24.3 Å². The maximum Gasteiger partial charge on any atom is 0.417 e. The van der Waals surface area contributed by atoms with Crippen LogP contribution in [0.3, 0.4) is 0 Å². The smallest absolute Gasteiger partial charge is 0.417 e. The van der Waals surface area contributed by atoms with Crippen molar-refractivity contribution in [3.8, 4) is 5.82 Å². The lowest BCUT2D eigenvalue weighted by Gasteiger charge is -2.11. The number of benzene rings is 2. The van der Waals surface area contributed by atoms with Gasteiger partial charge in [-0.05, 0) is 35.4 Å². The van der Waals surface area contributed by atoms with Gasteiger partial charge >= 0.3 is 12.1 Å². The molecule has 0 radical (unpaired) electrons. The van der Waals surface area contributed by atoms with Crippen LogP contribution < -0.4 is 0 Å². The third kappa shape index (κ3) is 5.59. The molecule has 2 aromatic carbocycles. The van der Waals surface area contributed by atoms with E-state index in [0.717, 1.165) is 6.07 Å². The molecule has 0 saturated heterocycles. The maximum absolute atomic E-state index is 13.1. The van der Waals surface area contributed by atoms with Crippen LogP contribution in [0.4, 0.5) is 18.9 Å². The zero-order valence-corrected chi connectivity index (χ0v) is 20.3. The number of hydrogen-bond donors (Lipinski definition) is 0. The number of ether oxygens (including phenoxy) is 1. The van der Waals surface area contributed by atoms with Crippen LogP contribution in [0.25, 0.3) is 16.7 Å². The quantitative estimate of drug-likeness (QED) is 0.115. The summed E-state index contributed by atoms with van der Waals surface area (Å²) in [6, 6.07) is 13.3. The first-order valence-corrected chi connectivity index (χ1v) is 11.3. The number of rotatable bonds is 8. The molecule has 4 aromatic rings. The zero-order valence-electron chi connectivity index (χ0n) is 19.6. The fraction of sp³-hybridized carbons (Fsp3) is 0.160. The van der Waals surface area contributed by atoms with E-state index in [2.05, 4.69) is 10.1 Å². The van der Waals surface area contributed by atoms with Crippen molar-refractivity contribution < 1.29 is 32.5 Å². The monoisotopic (exact) mass is 546 g/mol. The highest BCUT2D eigenvalue weighted by Crippen LogP contribution is 2.35. The summed E-state index contributed by atoms with van der Waals surface area (Å²) < 4.78 is 45.7. The summed E-state index contributed by atoms with van der Waals surface area (Å²) in [7, 11) is 1.20. The first-order chi connectivity index (χ1) is 18.1. The van der Waals surface area contributed by atoms with Crippen LogP contribution in [-0.4, -0.2) is 33.8 Å². The number of fused-ring (bicyclic) bond motifs is 1. The number of aromatic nitrogens is 2. The van der Waals surface area contributed by atoms with Crippen molar-refractivity contribution in [2.45, 2.75) is 18.7 Å². The average molecular weight is 547 g/mol. The van der Waals surface area contributed by atoms with Gasteiger partial charge in [0.1, 0.15) is 12.5 Å². The number of alkyl halides is 3. The van der Waals surface area contributed by atoms with Crippen LogP contribution in [-0.2, 0) is 27.2 Å². The van der Waals surface area contributed by atoms with Crippen molar-refractivity contribution in [1.29, 1.82) is 0 Å². The van der Waals surface area contributed by atoms with Gasteiger partial charge in [0.05, 0.1) is 34.4 Å². The van der Waals surface area contributed by atoms with Crippen LogP contribution in [0, 0.1) is 10.1 Å². The first kappa shape index (κ1) is 26.6. The largest absolute Gasteiger partial charge is 0.468 e. The normalized spacial score (nSPS) is 12.6. The van der Waals surface area contributed by atoms with Gasteiger partial charge in [0.2, 0.25) is 0 Å². The van der Waals surface area contributed by atoms with E-state index in [1.165, 1.54) is 48.4 Å². The van der Waals surface area contributed by atoms with Gasteiger partial charge in [0.25, 0.3) is 5.69 Å². The summed E-state index contributed by atoms with van der Waals surface area (Å²) in [5.41, 5.74) is 0.510. The highest BCUT2D eigenvalue weighted by Gasteiger charge is 2.32. The van der Waals surface area contributed by atoms with E-state index in [9.17, 15) is 28.1 Å². The molecule has 0 saturated carbocycles. The lowest BCUT2D eigenvalue weighted by Crippen LogP contribution is -2.15. The molecule has 4 rings (SSSR count). The molecule has 0 N–H and O–H groups in total. The Kier molecular flexibility index (Phi) is 7.62. The number of carbonyl (C=O) groups is 1. The Labute approximate surface area is 218 Å². The fourth-order valence-corrected chi connectivity index (χ4v) is 3.97. The van der Waals surface area contributed by atoms with Crippen LogP contribution >= 0.6 is 11.6 Å². The van der Waals surface area contributed by atoms with Crippen LogP contribution in [0.2, 0.25) is 5.02 Å². The Morgan fingerprint density at radius 1 is 1.24 bits per heavy atom. The fourth-order valence-electron chi connectivity index (χ4n) is 3.72. The molecule has 2 aromatic heterocycles. The number of nitro groups is 1. The number of non-ortho nitro benzene ring substituents is 1. The van der Waals surface area contributed by atoms with Gasteiger partial charge in [-0.1, -0.05) is 35.0 Å². The number of pyridine rings is 1. The predicted molar refractivity (Wildman–Crippen MR) is 132 cm³/mol. The molecule has 1 atom stereocenters. The van der Waals surface area contributed by atoms with Gasteiger partial charge < -0.3 is 9.57 Å². The Balaban J connectivity index is 1.66. The molecule has 38 heavy (non-hydrogen) atoms. The third-order valence-corrected chi connectivity index (χ3v) is 5.85. The van der Waals surface area contributed by atoms with Crippen molar-refractivity contribution in [2.75, 3.05) is 7.11 Å². The van der Waals surface area contributed by atoms with Crippen LogP contribution in [0.5, 0.6) is 0 Å². The van der Waals surface area contributed by atoms with Gasteiger partial charge in [0.15, 0.2) is 5.82 Å². The number of halogens is 4. The van der Waals surface area contributed by atoms with E-state index < -0.39 is 28.6 Å². The van der Waals surface area contributed by atoms with Gasteiger partial charge in [-0.25, -0.2) is 4.98 Å². The minimum absolute atomic E-state index is 0.0186. The summed E-state index contributed by atoms with van der Waals surface area (Å²) in [5.74, 6) is -1.67. The number of methoxy groups -OCH3 is 1. The second-order valence-electron chi connectivity index (χ2n) is 7.95. The van der Waals surface area contributed by atoms with E-state index in [0.29, 0.717) is 28.2 Å². The molecule has 0 amide bonds. The molecule has 0 aliphatic heterocycles. The van der Waals surface area contributed by atoms with Crippen molar-refractivity contribution >= 4 is 40.4 Å². The topological polar surface area (TPSA) is 109 Å². The molecular weight excluding hydrogens is 529 g/mol. The van der Waals surface area contributed by atoms with E-state index >= 15 is 0 Å². The molecule has 0 spiro atoms. The van der Waals surface area contributed by atoms with Gasteiger partial charge in [0, 0.05) is 29.9 Å². The Morgan fingerprint density at radius 2 is 1.95 bits per heavy atom. The second-order valence-corrected chi connectivity index (χ2v) is 8.36. The summed E-state index contributed by atoms with van der Waals surface area (Å²) >= 11 is 6.18.